The van der Waals surface area contributed by atoms with E-state index in [4.69, 9.17) is 5.14 Å². The monoisotopic (exact) mass is 518 g/mol. The van der Waals surface area contributed by atoms with E-state index in [9.17, 15) is 21.6 Å². The van der Waals surface area contributed by atoms with Gasteiger partial charge in [-0.05, 0) is 78.9 Å². The number of primary sulfonamides is 1. The Morgan fingerprint density at radius 3 is 2.56 bits per heavy atom. The standard InChI is InChI=1S/C26H29F3N4O2S/c27-26(28,29)22-4-1-3-19(11-22)13-25-21(16-32-8-2-9-32)14-20-6-5-18(12-24(20)25)7-10-33-17-23(15-31-33)36(30,34)35/h1,3-6,11-12,15,17,21,25H,2,7-10,13-14,16H2,(H2,30,34,35). The number of alkyl halides is 3. The summed E-state index contributed by atoms with van der Waals surface area (Å²) in [6, 6.07) is 12.1. The van der Waals surface area contributed by atoms with Gasteiger partial charge in [-0.3, -0.25) is 4.68 Å². The lowest BCUT2D eigenvalue weighted by molar-refractivity contribution is -0.137. The summed E-state index contributed by atoms with van der Waals surface area (Å²) in [5.41, 5.74) is 3.65. The van der Waals surface area contributed by atoms with Crippen LogP contribution >= 0.6 is 0 Å². The van der Waals surface area contributed by atoms with Gasteiger partial charge in [0.25, 0.3) is 0 Å². The Bertz CT molecular complexity index is 1350. The number of fused-ring (bicyclic) bond motifs is 1. The summed E-state index contributed by atoms with van der Waals surface area (Å²) in [4.78, 5) is 2.41. The molecule has 2 heterocycles. The molecular formula is C26H29F3N4O2S. The molecule has 2 aromatic carbocycles. The van der Waals surface area contributed by atoms with E-state index in [1.165, 1.54) is 42.1 Å². The van der Waals surface area contributed by atoms with Gasteiger partial charge in [0, 0.05) is 19.3 Å². The molecule has 2 aliphatic rings. The molecule has 2 atom stereocenters. The molecule has 1 aromatic heterocycles. The second-order valence-corrected chi connectivity index (χ2v) is 11.5. The number of rotatable bonds is 8. The fourth-order valence-corrected chi connectivity index (χ4v) is 5.82. The zero-order valence-electron chi connectivity index (χ0n) is 19.8. The lowest BCUT2D eigenvalue weighted by Crippen LogP contribution is -2.41. The van der Waals surface area contributed by atoms with Gasteiger partial charge in [-0.25, -0.2) is 13.6 Å². The maximum absolute atomic E-state index is 13.3. The highest BCUT2D eigenvalue weighted by Crippen LogP contribution is 2.42. The van der Waals surface area contributed by atoms with E-state index in [0.29, 0.717) is 30.9 Å². The highest BCUT2D eigenvalue weighted by atomic mass is 32.2. The minimum absolute atomic E-state index is 0.0218. The normalized spacial score (nSPS) is 20.3. The van der Waals surface area contributed by atoms with Crippen molar-refractivity contribution < 1.29 is 21.6 Å². The van der Waals surface area contributed by atoms with Gasteiger partial charge in [-0.15, -0.1) is 0 Å². The van der Waals surface area contributed by atoms with Crippen molar-refractivity contribution in [1.29, 1.82) is 0 Å². The first-order valence-electron chi connectivity index (χ1n) is 12.1. The molecular weight excluding hydrogens is 489 g/mol. The first kappa shape index (κ1) is 25.0. The fraction of sp³-hybridized carbons (Fsp3) is 0.423. The molecule has 6 nitrogen and oxygen atoms in total. The Balaban J connectivity index is 1.37. The number of hydrogen-bond donors (Lipinski definition) is 1. The topological polar surface area (TPSA) is 81.2 Å². The maximum Gasteiger partial charge on any atom is 0.416 e. The van der Waals surface area contributed by atoms with Crippen LogP contribution in [0.1, 0.15) is 40.2 Å². The highest BCUT2D eigenvalue weighted by Gasteiger charge is 2.36. The van der Waals surface area contributed by atoms with Gasteiger partial charge in [-0.1, -0.05) is 36.4 Å². The summed E-state index contributed by atoms with van der Waals surface area (Å²) in [7, 11) is -3.79. The second kappa shape index (κ2) is 9.64. The van der Waals surface area contributed by atoms with E-state index in [-0.39, 0.29) is 10.8 Å². The fourth-order valence-electron chi connectivity index (χ4n) is 5.36. The molecule has 2 unspecified atom stereocenters. The number of likely N-dealkylation sites (tertiary alicyclic amines) is 1. The first-order valence-corrected chi connectivity index (χ1v) is 13.7. The first-order chi connectivity index (χ1) is 17.1. The van der Waals surface area contributed by atoms with Gasteiger partial charge >= 0.3 is 6.18 Å². The van der Waals surface area contributed by atoms with Crippen molar-refractivity contribution in [3.05, 3.63) is 82.7 Å². The van der Waals surface area contributed by atoms with Crippen LogP contribution in [-0.4, -0.2) is 42.7 Å². The average Bonchev–Trinajstić information content (AvgIpc) is 3.40. The molecule has 10 heteroatoms. The van der Waals surface area contributed by atoms with Gasteiger partial charge < -0.3 is 4.90 Å². The third-order valence-electron chi connectivity index (χ3n) is 7.38. The lowest BCUT2D eigenvalue weighted by atomic mass is 9.85. The third kappa shape index (κ3) is 5.50. The highest BCUT2D eigenvalue weighted by molar-refractivity contribution is 7.89. The number of sulfonamides is 1. The SMILES string of the molecule is NS(=O)(=O)c1cnn(CCc2ccc3c(c2)C(Cc2cccc(C(F)(F)F)c2)C(CN2CCC2)C3)c1. The molecule has 0 spiro atoms. The summed E-state index contributed by atoms with van der Waals surface area (Å²) in [5.74, 6) is 0.497. The Labute approximate surface area is 209 Å². The van der Waals surface area contributed by atoms with Gasteiger partial charge in [0.05, 0.1) is 11.8 Å². The van der Waals surface area contributed by atoms with Crippen molar-refractivity contribution in [3.63, 3.8) is 0 Å². The van der Waals surface area contributed by atoms with Crippen LogP contribution in [0.5, 0.6) is 0 Å². The van der Waals surface area contributed by atoms with Crippen LogP contribution in [0.15, 0.2) is 59.8 Å². The van der Waals surface area contributed by atoms with Crippen LogP contribution in [0.4, 0.5) is 13.2 Å². The molecule has 0 radical (unpaired) electrons. The largest absolute Gasteiger partial charge is 0.416 e. The van der Waals surface area contributed by atoms with Gasteiger partial charge in [0.15, 0.2) is 0 Å². The molecule has 1 fully saturated rings. The predicted octanol–water partition coefficient (Wildman–Crippen LogP) is 4.00. The van der Waals surface area contributed by atoms with Crippen LogP contribution in [0.25, 0.3) is 0 Å². The van der Waals surface area contributed by atoms with Crippen molar-refractivity contribution >= 4 is 10.0 Å². The van der Waals surface area contributed by atoms with E-state index in [2.05, 4.69) is 28.2 Å². The lowest BCUT2D eigenvalue weighted by Gasteiger charge is -2.35. The Morgan fingerprint density at radius 1 is 1.08 bits per heavy atom. The molecule has 1 aliphatic heterocycles. The van der Waals surface area contributed by atoms with E-state index in [0.717, 1.165) is 37.7 Å². The zero-order valence-corrected chi connectivity index (χ0v) is 20.6. The van der Waals surface area contributed by atoms with E-state index >= 15 is 0 Å². The molecule has 2 N–H and O–H groups in total. The smallest absolute Gasteiger partial charge is 0.303 e. The van der Waals surface area contributed by atoms with Crippen LogP contribution in [0.2, 0.25) is 0 Å². The molecule has 0 amide bonds. The summed E-state index contributed by atoms with van der Waals surface area (Å²) < 4.78 is 64.5. The molecule has 0 saturated carbocycles. The number of aromatic nitrogens is 2. The number of hydrogen-bond acceptors (Lipinski definition) is 4. The molecule has 3 aromatic rings. The number of benzene rings is 2. The quantitative estimate of drug-likeness (QED) is 0.489. The third-order valence-corrected chi connectivity index (χ3v) is 8.25. The Morgan fingerprint density at radius 2 is 1.89 bits per heavy atom. The Kier molecular flexibility index (Phi) is 6.69. The molecule has 1 saturated heterocycles. The van der Waals surface area contributed by atoms with E-state index in [1.54, 1.807) is 10.7 Å². The summed E-state index contributed by atoms with van der Waals surface area (Å²) in [6.07, 6.45) is 1.63. The number of nitrogens with two attached hydrogens (primary N) is 1. The van der Waals surface area contributed by atoms with Crippen LogP contribution < -0.4 is 5.14 Å². The summed E-state index contributed by atoms with van der Waals surface area (Å²) in [5, 5.41) is 9.25. The van der Waals surface area contributed by atoms with Crippen LogP contribution in [-0.2, 0) is 42.0 Å². The second-order valence-electron chi connectivity index (χ2n) is 9.89. The van der Waals surface area contributed by atoms with Crippen molar-refractivity contribution in [2.75, 3.05) is 19.6 Å². The molecule has 0 bridgehead atoms. The number of halogens is 3. The average molecular weight is 519 g/mol. The number of aryl methyl sites for hydroxylation is 2. The minimum atomic E-state index is -4.36. The van der Waals surface area contributed by atoms with Crippen molar-refractivity contribution in [2.24, 2.45) is 11.1 Å². The van der Waals surface area contributed by atoms with E-state index in [1.807, 2.05) is 0 Å². The zero-order chi connectivity index (χ0) is 25.5. The summed E-state index contributed by atoms with van der Waals surface area (Å²) in [6.45, 7) is 3.61. The Hall–Kier alpha value is -2.69. The molecule has 36 heavy (non-hydrogen) atoms. The van der Waals surface area contributed by atoms with Gasteiger partial charge in [-0.2, -0.15) is 18.3 Å². The molecule has 5 rings (SSSR count). The van der Waals surface area contributed by atoms with Crippen molar-refractivity contribution in [2.45, 2.75) is 49.2 Å². The van der Waals surface area contributed by atoms with Crippen molar-refractivity contribution in [3.8, 4) is 0 Å². The van der Waals surface area contributed by atoms with Gasteiger partial charge in [0.1, 0.15) is 4.90 Å². The minimum Gasteiger partial charge on any atom is -0.303 e. The molecule has 192 valence electrons. The predicted molar refractivity (Wildman–Crippen MR) is 130 cm³/mol. The van der Waals surface area contributed by atoms with Gasteiger partial charge in [0.2, 0.25) is 10.0 Å². The van der Waals surface area contributed by atoms with Crippen LogP contribution in [0.3, 0.4) is 0 Å². The summed E-state index contributed by atoms with van der Waals surface area (Å²) >= 11 is 0. The van der Waals surface area contributed by atoms with E-state index < -0.39 is 21.8 Å². The number of nitrogens with zero attached hydrogens (tertiary/aromatic N) is 3. The maximum atomic E-state index is 13.3. The van der Waals surface area contributed by atoms with Crippen molar-refractivity contribution in [1.82, 2.24) is 14.7 Å². The van der Waals surface area contributed by atoms with Crippen LogP contribution in [0, 0.1) is 5.92 Å². The molecule has 1 aliphatic carbocycles.